The van der Waals surface area contributed by atoms with Gasteiger partial charge in [-0.05, 0) is 23.6 Å². The summed E-state index contributed by atoms with van der Waals surface area (Å²) in [5.41, 5.74) is 9.45. The Kier molecular flexibility index (Phi) is 4.47. The Hall–Kier alpha value is -2.66. The summed E-state index contributed by atoms with van der Waals surface area (Å²) >= 11 is 0. The van der Waals surface area contributed by atoms with Crippen molar-refractivity contribution < 1.29 is 9.59 Å². The molecule has 0 spiro atoms. The maximum atomic E-state index is 12.9. The highest BCUT2D eigenvalue weighted by Crippen LogP contribution is 2.29. The number of para-hydroxylation sites is 1. The Bertz CT molecular complexity index is 821. The highest BCUT2D eigenvalue weighted by atomic mass is 16.2. The highest BCUT2D eigenvalue weighted by Gasteiger charge is 2.35. The Morgan fingerprint density at radius 3 is 2.54 bits per heavy atom. The molecule has 26 heavy (non-hydrogen) atoms. The zero-order valence-corrected chi connectivity index (χ0v) is 14.7. The largest absolute Gasteiger partial charge is 0.339 e. The maximum absolute atomic E-state index is 12.9. The summed E-state index contributed by atoms with van der Waals surface area (Å²) < 4.78 is 0. The van der Waals surface area contributed by atoms with Crippen molar-refractivity contribution >= 4 is 17.5 Å². The lowest BCUT2D eigenvalue weighted by atomic mass is 9.95. The molecule has 1 saturated heterocycles. The summed E-state index contributed by atoms with van der Waals surface area (Å²) in [6.07, 6.45) is 1.20. The minimum Gasteiger partial charge on any atom is -0.339 e. The van der Waals surface area contributed by atoms with Crippen LogP contribution in [-0.2, 0) is 16.0 Å². The van der Waals surface area contributed by atoms with E-state index in [0.29, 0.717) is 19.5 Å². The van der Waals surface area contributed by atoms with Crippen molar-refractivity contribution in [3.63, 3.8) is 0 Å². The Balaban J connectivity index is 1.48. The van der Waals surface area contributed by atoms with Crippen molar-refractivity contribution in [1.29, 1.82) is 0 Å². The SMILES string of the molecule is N[C@@H]1CN(C(=O)CN2C(=O)CCc3ccccc32)C[C@H]1c1ccccc1. The van der Waals surface area contributed by atoms with E-state index in [0.717, 1.165) is 23.2 Å². The number of rotatable bonds is 3. The lowest BCUT2D eigenvalue weighted by molar-refractivity contribution is -0.130. The fourth-order valence-electron chi connectivity index (χ4n) is 3.99. The minimum absolute atomic E-state index is 0.0140. The highest BCUT2D eigenvalue weighted by molar-refractivity contribution is 6.01. The third-order valence-electron chi connectivity index (χ3n) is 5.43. The van der Waals surface area contributed by atoms with Gasteiger partial charge in [0.05, 0.1) is 0 Å². The summed E-state index contributed by atoms with van der Waals surface area (Å²) in [6.45, 7) is 1.22. The fourth-order valence-corrected chi connectivity index (χ4v) is 3.99. The van der Waals surface area contributed by atoms with E-state index >= 15 is 0 Å². The van der Waals surface area contributed by atoms with Gasteiger partial charge in [0.15, 0.2) is 0 Å². The second-order valence-electron chi connectivity index (χ2n) is 7.09. The first kappa shape index (κ1) is 16.8. The second-order valence-corrected chi connectivity index (χ2v) is 7.09. The molecule has 5 nitrogen and oxygen atoms in total. The first-order chi connectivity index (χ1) is 12.6. The minimum atomic E-state index is -0.0781. The van der Waals surface area contributed by atoms with Crippen molar-refractivity contribution in [2.24, 2.45) is 5.73 Å². The van der Waals surface area contributed by atoms with Gasteiger partial charge in [-0.1, -0.05) is 48.5 Å². The number of nitrogens with zero attached hydrogens (tertiary/aromatic N) is 2. The third kappa shape index (κ3) is 3.10. The molecule has 0 unspecified atom stereocenters. The van der Waals surface area contributed by atoms with Crippen LogP contribution in [0.2, 0.25) is 0 Å². The number of fused-ring (bicyclic) bond motifs is 1. The van der Waals surface area contributed by atoms with Gasteiger partial charge in [-0.15, -0.1) is 0 Å². The summed E-state index contributed by atoms with van der Waals surface area (Å²) in [6, 6.07) is 17.8. The molecule has 2 N–H and O–H groups in total. The lowest BCUT2D eigenvalue weighted by Gasteiger charge is -2.30. The predicted octanol–water partition coefficient (Wildman–Crippen LogP) is 1.92. The number of carbonyl (C=O) groups excluding carboxylic acids is 2. The van der Waals surface area contributed by atoms with Gasteiger partial charge in [0, 0.05) is 37.2 Å². The van der Waals surface area contributed by atoms with Gasteiger partial charge in [0.25, 0.3) is 0 Å². The summed E-state index contributed by atoms with van der Waals surface area (Å²) in [5.74, 6) is 0.119. The van der Waals surface area contributed by atoms with Crippen molar-refractivity contribution in [3.05, 3.63) is 65.7 Å². The van der Waals surface area contributed by atoms with Gasteiger partial charge >= 0.3 is 0 Å². The molecule has 0 saturated carbocycles. The van der Waals surface area contributed by atoms with Gasteiger partial charge in [-0.25, -0.2) is 0 Å². The molecular weight excluding hydrogens is 326 g/mol. The topological polar surface area (TPSA) is 66.6 Å². The summed E-state index contributed by atoms with van der Waals surface area (Å²) in [7, 11) is 0. The zero-order chi connectivity index (χ0) is 18.1. The molecule has 134 valence electrons. The molecule has 2 aliphatic rings. The van der Waals surface area contributed by atoms with Crippen LogP contribution in [0.3, 0.4) is 0 Å². The van der Waals surface area contributed by atoms with Crippen molar-refractivity contribution in [2.75, 3.05) is 24.5 Å². The van der Waals surface area contributed by atoms with Crippen molar-refractivity contribution in [3.8, 4) is 0 Å². The van der Waals surface area contributed by atoms with Crippen LogP contribution in [0.15, 0.2) is 54.6 Å². The number of anilines is 1. The van der Waals surface area contributed by atoms with E-state index in [1.807, 2.05) is 42.5 Å². The lowest BCUT2D eigenvalue weighted by Crippen LogP contribution is -2.44. The molecule has 0 aromatic heterocycles. The van der Waals surface area contributed by atoms with Crippen LogP contribution in [0.1, 0.15) is 23.5 Å². The van der Waals surface area contributed by atoms with E-state index in [1.165, 1.54) is 0 Å². The van der Waals surface area contributed by atoms with E-state index in [9.17, 15) is 9.59 Å². The number of aryl methyl sites for hydroxylation is 1. The van der Waals surface area contributed by atoms with Gasteiger partial charge in [0.2, 0.25) is 11.8 Å². The molecule has 0 aliphatic carbocycles. The van der Waals surface area contributed by atoms with Crippen LogP contribution in [-0.4, -0.2) is 42.4 Å². The first-order valence-electron chi connectivity index (χ1n) is 9.10. The van der Waals surface area contributed by atoms with Crippen molar-refractivity contribution in [2.45, 2.75) is 24.8 Å². The molecule has 2 amide bonds. The van der Waals surface area contributed by atoms with Gasteiger partial charge in [-0.3, -0.25) is 9.59 Å². The molecule has 0 radical (unpaired) electrons. The van der Waals surface area contributed by atoms with Crippen LogP contribution in [0, 0.1) is 0 Å². The quantitative estimate of drug-likeness (QED) is 0.921. The number of amides is 2. The van der Waals surface area contributed by atoms with E-state index in [-0.39, 0.29) is 30.3 Å². The molecule has 2 atom stereocenters. The van der Waals surface area contributed by atoms with Crippen LogP contribution in [0.4, 0.5) is 5.69 Å². The first-order valence-corrected chi connectivity index (χ1v) is 9.10. The van der Waals surface area contributed by atoms with Gasteiger partial charge in [0.1, 0.15) is 6.54 Å². The molecule has 5 heteroatoms. The van der Waals surface area contributed by atoms with Crippen molar-refractivity contribution in [1.82, 2.24) is 4.90 Å². The third-order valence-corrected chi connectivity index (χ3v) is 5.43. The van der Waals surface area contributed by atoms with Gasteiger partial charge in [-0.2, -0.15) is 0 Å². The number of likely N-dealkylation sites (tertiary alicyclic amines) is 1. The number of hydrogen-bond donors (Lipinski definition) is 1. The van der Waals surface area contributed by atoms with Gasteiger partial charge < -0.3 is 15.5 Å². The summed E-state index contributed by atoms with van der Waals surface area (Å²) in [5, 5.41) is 0. The van der Waals surface area contributed by atoms with E-state index < -0.39 is 0 Å². The number of hydrogen-bond acceptors (Lipinski definition) is 3. The molecule has 2 heterocycles. The average Bonchev–Trinajstić information content (AvgIpc) is 3.06. The Labute approximate surface area is 153 Å². The summed E-state index contributed by atoms with van der Waals surface area (Å²) in [4.78, 5) is 28.7. The van der Waals surface area contributed by atoms with E-state index in [2.05, 4.69) is 12.1 Å². The normalized spacial score (nSPS) is 22.4. The van der Waals surface area contributed by atoms with Crippen LogP contribution >= 0.6 is 0 Å². The number of benzene rings is 2. The molecule has 0 bridgehead atoms. The Morgan fingerprint density at radius 2 is 1.73 bits per heavy atom. The molecule has 1 fully saturated rings. The predicted molar refractivity (Wildman–Crippen MR) is 101 cm³/mol. The number of carbonyl (C=O) groups is 2. The zero-order valence-electron chi connectivity index (χ0n) is 14.7. The van der Waals surface area contributed by atoms with Crippen LogP contribution in [0.5, 0.6) is 0 Å². The second kappa shape index (κ2) is 6.92. The van der Waals surface area contributed by atoms with Crippen LogP contribution in [0.25, 0.3) is 0 Å². The monoisotopic (exact) mass is 349 g/mol. The molecule has 2 aromatic rings. The average molecular weight is 349 g/mol. The van der Waals surface area contributed by atoms with E-state index in [1.54, 1.807) is 9.80 Å². The molecule has 2 aromatic carbocycles. The van der Waals surface area contributed by atoms with E-state index in [4.69, 9.17) is 5.73 Å². The number of nitrogens with two attached hydrogens (primary N) is 1. The Morgan fingerprint density at radius 1 is 1.00 bits per heavy atom. The molecular formula is C21H23N3O2. The standard InChI is InChI=1S/C21H23N3O2/c22-18-13-23(12-17(18)15-6-2-1-3-7-15)21(26)14-24-19-9-5-4-8-16(19)10-11-20(24)25/h1-9,17-18H,10-14,22H2/t17-,18+/m0/s1. The smallest absolute Gasteiger partial charge is 0.242 e. The molecule has 4 rings (SSSR count). The van der Waals surface area contributed by atoms with Crippen LogP contribution < -0.4 is 10.6 Å². The fraction of sp³-hybridized carbons (Fsp3) is 0.333. The maximum Gasteiger partial charge on any atom is 0.242 e. The molecule has 2 aliphatic heterocycles.